The lowest BCUT2D eigenvalue weighted by Crippen LogP contribution is -2.30. The number of esters is 1. The van der Waals surface area contributed by atoms with Crippen molar-refractivity contribution in [3.8, 4) is 0 Å². The molecule has 0 bridgehead atoms. The van der Waals surface area contributed by atoms with E-state index in [9.17, 15) is 9.59 Å². The van der Waals surface area contributed by atoms with E-state index in [-0.39, 0.29) is 12.5 Å². The smallest absolute Gasteiger partial charge is 0.325 e. The van der Waals surface area contributed by atoms with Crippen molar-refractivity contribution in [3.05, 3.63) is 23.0 Å². The lowest BCUT2D eigenvalue weighted by molar-refractivity contribution is -0.139. The fourth-order valence-corrected chi connectivity index (χ4v) is 1.10. The van der Waals surface area contributed by atoms with Gasteiger partial charge in [-0.2, -0.15) is 10.2 Å². The fraction of sp³-hybridized carbons (Fsp3) is 0.400. The second kappa shape index (κ2) is 5.20. The zero-order valence-electron chi connectivity index (χ0n) is 9.40. The first-order chi connectivity index (χ1) is 7.54. The maximum atomic E-state index is 11.7. The molecule has 0 saturated carbocycles. The lowest BCUT2D eigenvalue weighted by Gasteiger charge is -2.06. The lowest BCUT2D eigenvalue weighted by atomic mass is 10.2. The van der Waals surface area contributed by atoms with Crippen LogP contribution in [0.25, 0.3) is 0 Å². The number of hydrogen-bond acceptors (Lipinski definition) is 5. The van der Waals surface area contributed by atoms with Gasteiger partial charge in [0, 0.05) is 0 Å². The Balaban J connectivity index is 2.73. The number of ether oxygens (including phenoxy) is 1. The van der Waals surface area contributed by atoms with Crippen molar-refractivity contribution < 1.29 is 14.3 Å². The topological polar surface area (TPSA) is 81.2 Å². The Labute approximate surface area is 93.0 Å². The van der Waals surface area contributed by atoms with Crippen LogP contribution in [-0.4, -0.2) is 35.7 Å². The van der Waals surface area contributed by atoms with Gasteiger partial charge in [-0.15, -0.1) is 0 Å². The largest absolute Gasteiger partial charge is 0.468 e. The van der Waals surface area contributed by atoms with Crippen LogP contribution in [0.4, 0.5) is 0 Å². The molecule has 6 nitrogen and oxygen atoms in total. The number of hydrogen-bond donors (Lipinski definition) is 1. The minimum Gasteiger partial charge on any atom is -0.468 e. The molecule has 1 heterocycles. The molecule has 86 valence electrons. The van der Waals surface area contributed by atoms with E-state index in [2.05, 4.69) is 20.3 Å². The molecular formula is C10H13N3O3. The number of aromatic nitrogens is 2. The fourth-order valence-electron chi connectivity index (χ4n) is 1.10. The highest BCUT2D eigenvalue weighted by Crippen LogP contribution is 2.04. The summed E-state index contributed by atoms with van der Waals surface area (Å²) >= 11 is 0. The van der Waals surface area contributed by atoms with Gasteiger partial charge in [-0.05, 0) is 19.9 Å². The van der Waals surface area contributed by atoms with Crippen LogP contribution in [0.5, 0.6) is 0 Å². The van der Waals surface area contributed by atoms with E-state index in [0.29, 0.717) is 17.0 Å². The van der Waals surface area contributed by atoms with Crippen molar-refractivity contribution in [3.63, 3.8) is 0 Å². The van der Waals surface area contributed by atoms with E-state index in [1.807, 2.05) is 0 Å². The number of aryl methyl sites for hydroxylation is 2. The highest BCUT2D eigenvalue weighted by atomic mass is 16.5. The van der Waals surface area contributed by atoms with Crippen molar-refractivity contribution in [1.82, 2.24) is 15.5 Å². The third-order valence-corrected chi connectivity index (χ3v) is 1.97. The van der Waals surface area contributed by atoms with Gasteiger partial charge in [0.1, 0.15) is 6.54 Å². The average Bonchev–Trinajstić information content (AvgIpc) is 2.28. The molecule has 1 rings (SSSR count). The molecule has 0 aliphatic heterocycles. The zero-order valence-corrected chi connectivity index (χ0v) is 9.40. The molecule has 0 fully saturated rings. The van der Waals surface area contributed by atoms with E-state index in [4.69, 9.17) is 0 Å². The number of amides is 1. The molecule has 0 atom stereocenters. The number of nitrogens with zero attached hydrogens (tertiary/aromatic N) is 2. The van der Waals surface area contributed by atoms with Crippen molar-refractivity contribution in [2.75, 3.05) is 13.7 Å². The quantitative estimate of drug-likeness (QED) is 0.729. The summed E-state index contributed by atoms with van der Waals surface area (Å²) in [7, 11) is 1.26. The Morgan fingerprint density at radius 2 is 2.06 bits per heavy atom. The molecule has 0 unspecified atom stereocenters. The Morgan fingerprint density at radius 1 is 1.38 bits per heavy atom. The normalized spacial score (nSPS) is 9.69. The summed E-state index contributed by atoms with van der Waals surface area (Å²) in [6, 6.07) is 1.62. The molecule has 0 aliphatic rings. The van der Waals surface area contributed by atoms with Crippen LogP contribution in [0.1, 0.15) is 21.7 Å². The van der Waals surface area contributed by atoms with Gasteiger partial charge >= 0.3 is 5.97 Å². The monoisotopic (exact) mass is 223 g/mol. The molecule has 0 radical (unpaired) electrons. The average molecular weight is 223 g/mol. The number of carbonyl (C=O) groups excluding carboxylic acids is 2. The van der Waals surface area contributed by atoms with Gasteiger partial charge in [-0.3, -0.25) is 9.59 Å². The zero-order chi connectivity index (χ0) is 12.1. The third kappa shape index (κ3) is 3.01. The summed E-state index contributed by atoms with van der Waals surface area (Å²) in [6.07, 6.45) is 0. The molecule has 0 spiro atoms. The second-order valence-electron chi connectivity index (χ2n) is 3.24. The molecule has 6 heteroatoms. The highest BCUT2D eigenvalue weighted by molar-refractivity contribution is 5.96. The summed E-state index contributed by atoms with van der Waals surface area (Å²) in [4.78, 5) is 22.5. The van der Waals surface area contributed by atoms with E-state index in [0.717, 1.165) is 0 Å². The van der Waals surface area contributed by atoms with E-state index >= 15 is 0 Å². The van der Waals surface area contributed by atoms with Gasteiger partial charge in [-0.1, -0.05) is 0 Å². The summed E-state index contributed by atoms with van der Waals surface area (Å²) < 4.78 is 4.41. The SMILES string of the molecule is COC(=O)CNC(=O)c1cc(C)nnc1C. The van der Waals surface area contributed by atoms with Crippen LogP contribution < -0.4 is 5.32 Å². The predicted molar refractivity (Wildman–Crippen MR) is 55.9 cm³/mol. The van der Waals surface area contributed by atoms with Gasteiger partial charge in [0.25, 0.3) is 5.91 Å². The van der Waals surface area contributed by atoms with Crippen LogP contribution in [0.2, 0.25) is 0 Å². The molecule has 16 heavy (non-hydrogen) atoms. The summed E-state index contributed by atoms with van der Waals surface area (Å²) in [6.45, 7) is 3.26. The van der Waals surface area contributed by atoms with Crippen molar-refractivity contribution in [1.29, 1.82) is 0 Å². The summed E-state index contributed by atoms with van der Waals surface area (Å²) in [5.41, 5.74) is 1.58. The molecule has 1 aromatic rings. The standard InChI is InChI=1S/C10H13N3O3/c1-6-4-8(7(2)13-12-6)10(15)11-5-9(14)16-3/h4H,5H2,1-3H3,(H,11,15). The maximum absolute atomic E-state index is 11.7. The van der Waals surface area contributed by atoms with Gasteiger partial charge in [-0.25, -0.2) is 0 Å². The first kappa shape index (κ1) is 12.1. The van der Waals surface area contributed by atoms with Gasteiger partial charge in [0.2, 0.25) is 0 Å². The van der Waals surface area contributed by atoms with Crippen molar-refractivity contribution >= 4 is 11.9 Å². The number of methoxy groups -OCH3 is 1. The van der Waals surface area contributed by atoms with Crippen LogP contribution in [0.15, 0.2) is 6.07 Å². The minimum absolute atomic E-state index is 0.157. The van der Waals surface area contributed by atoms with Crippen molar-refractivity contribution in [2.24, 2.45) is 0 Å². The van der Waals surface area contributed by atoms with Gasteiger partial charge in [0.15, 0.2) is 0 Å². The first-order valence-corrected chi connectivity index (χ1v) is 4.70. The number of rotatable bonds is 3. The van der Waals surface area contributed by atoms with E-state index in [1.54, 1.807) is 19.9 Å². The van der Waals surface area contributed by atoms with Crippen LogP contribution >= 0.6 is 0 Å². The Kier molecular flexibility index (Phi) is 3.93. The second-order valence-corrected chi connectivity index (χ2v) is 3.24. The Hall–Kier alpha value is -1.98. The van der Waals surface area contributed by atoms with E-state index in [1.165, 1.54) is 7.11 Å². The minimum atomic E-state index is -0.496. The van der Waals surface area contributed by atoms with Gasteiger partial charge in [0.05, 0.1) is 24.1 Å². The van der Waals surface area contributed by atoms with E-state index < -0.39 is 5.97 Å². The molecule has 0 saturated heterocycles. The van der Waals surface area contributed by atoms with Crippen LogP contribution in [0, 0.1) is 13.8 Å². The molecule has 0 aliphatic carbocycles. The molecule has 1 N–H and O–H groups in total. The summed E-state index contributed by atoms with van der Waals surface area (Å²) in [5.74, 6) is -0.856. The van der Waals surface area contributed by atoms with Gasteiger partial charge < -0.3 is 10.1 Å². The highest BCUT2D eigenvalue weighted by Gasteiger charge is 2.12. The number of carbonyl (C=O) groups is 2. The van der Waals surface area contributed by atoms with Crippen LogP contribution in [-0.2, 0) is 9.53 Å². The Morgan fingerprint density at radius 3 is 2.69 bits per heavy atom. The van der Waals surface area contributed by atoms with Crippen molar-refractivity contribution in [2.45, 2.75) is 13.8 Å². The Bertz CT molecular complexity index is 418. The molecule has 0 aromatic carbocycles. The first-order valence-electron chi connectivity index (χ1n) is 4.70. The molecule has 1 aromatic heterocycles. The molecular weight excluding hydrogens is 210 g/mol. The molecule has 1 amide bonds. The number of nitrogens with one attached hydrogen (secondary N) is 1. The van der Waals surface area contributed by atoms with Crippen LogP contribution in [0.3, 0.4) is 0 Å². The summed E-state index contributed by atoms with van der Waals surface area (Å²) in [5, 5.41) is 10.1. The third-order valence-electron chi connectivity index (χ3n) is 1.97. The predicted octanol–water partition coefficient (Wildman–Crippen LogP) is -0.00376. The maximum Gasteiger partial charge on any atom is 0.325 e.